The number of alkyl halides is 1. The highest BCUT2D eigenvalue weighted by molar-refractivity contribution is 6.32. The summed E-state index contributed by atoms with van der Waals surface area (Å²) in [4.78, 5) is 23.7. The van der Waals surface area contributed by atoms with E-state index in [-0.39, 0.29) is 17.4 Å². The molecule has 0 fully saturated rings. The highest BCUT2D eigenvalue weighted by Gasteiger charge is 2.19. The first-order valence-electron chi connectivity index (χ1n) is 6.07. The average Bonchev–Trinajstić information content (AvgIpc) is 2.27. The molecule has 19 heavy (non-hydrogen) atoms. The van der Waals surface area contributed by atoms with E-state index < -0.39 is 5.38 Å². The fourth-order valence-electron chi connectivity index (χ4n) is 1.43. The number of hydrogen-bond donors (Lipinski definition) is 2. The second-order valence-corrected chi connectivity index (χ2v) is 6.01. The number of hydrogen-bond acceptors (Lipinski definition) is 2. The Morgan fingerprint density at radius 2 is 1.79 bits per heavy atom. The van der Waals surface area contributed by atoms with E-state index in [9.17, 15) is 9.59 Å². The van der Waals surface area contributed by atoms with Gasteiger partial charge in [0.2, 0.25) is 5.91 Å². The van der Waals surface area contributed by atoms with Crippen molar-refractivity contribution >= 4 is 29.1 Å². The molecule has 0 saturated carbocycles. The number of rotatable bonds is 3. The van der Waals surface area contributed by atoms with E-state index in [0.29, 0.717) is 11.3 Å². The molecule has 2 N–H and O–H groups in total. The summed E-state index contributed by atoms with van der Waals surface area (Å²) >= 11 is 5.70. The van der Waals surface area contributed by atoms with Gasteiger partial charge in [-0.3, -0.25) is 9.59 Å². The number of halogens is 1. The van der Waals surface area contributed by atoms with Crippen molar-refractivity contribution in [2.24, 2.45) is 0 Å². The van der Waals surface area contributed by atoms with Crippen LogP contribution in [0.5, 0.6) is 0 Å². The van der Waals surface area contributed by atoms with Gasteiger partial charge in [-0.15, -0.1) is 11.6 Å². The van der Waals surface area contributed by atoms with Crippen LogP contribution >= 0.6 is 11.6 Å². The Balaban J connectivity index is 2.96. The van der Waals surface area contributed by atoms with E-state index in [4.69, 9.17) is 11.6 Å². The highest BCUT2D eigenvalue weighted by Crippen LogP contribution is 2.17. The van der Waals surface area contributed by atoms with Gasteiger partial charge in [0, 0.05) is 5.54 Å². The molecule has 1 aromatic carbocycles. The van der Waals surface area contributed by atoms with Crippen LogP contribution in [0.1, 0.15) is 38.1 Å². The molecule has 0 aliphatic carbocycles. The summed E-state index contributed by atoms with van der Waals surface area (Å²) in [6.07, 6.45) is 0. The van der Waals surface area contributed by atoms with E-state index in [0.717, 1.165) is 0 Å². The average molecular weight is 283 g/mol. The molecule has 0 spiro atoms. The van der Waals surface area contributed by atoms with Gasteiger partial charge in [0.15, 0.2) is 0 Å². The molecular formula is C14H19ClN2O2. The topological polar surface area (TPSA) is 58.2 Å². The molecule has 0 saturated heterocycles. The maximum absolute atomic E-state index is 12.1. The molecule has 1 rings (SSSR count). The molecule has 104 valence electrons. The van der Waals surface area contributed by atoms with Gasteiger partial charge in [-0.25, -0.2) is 0 Å². The molecule has 0 radical (unpaired) electrons. The van der Waals surface area contributed by atoms with E-state index in [2.05, 4.69) is 10.6 Å². The fraction of sp³-hybridized carbons (Fsp3) is 0.429. The summed E-state index contributed by atoms with van der Waals surface area (Å²) < 4.78 is 0. The molecule has 5 heteroatoms. The summed E-state index contributed by atoms with van der Waals surface area (Å²) in [6, 6.07) is 6.84. The maximum atomic E-state index is 12.1. The van der Waals surface area contributed by atoms with Gasteiger partial charge in [-0.2, -0.15) is 0 Å². The second-order valence-electron chi connectivity index (χ2n) is 5.35. The lowest BCUT2D eigenvalue weighted by molar-refractivity contribution is -0.115. The van der Waals surface area contributed by atoms with Crippen molar-refractivity contribution in [1.82, 2.24) is 5.32 Å². The zero-order chi connectivity index (χ0) is 14.6. The maximum Gasteiger partial charge on any atom is 0.253 e. The highest BCUT2D eigenvalue weighted by atomic mass is 35.5. The number of anilines is 1. The SMILES string of the molecule is C[C@@H](Cl)C(=O)Nc1ccccc1C(=O)NC(C)(C)C. The molecule has 0 aromatic heterocycles. The molecule has 1 aromatic rings. The largest absolute Gasteiger partial charge is 0.347 e. The summed E-state index contributed by atoms with van der Waals surface area (Å²) in [5, 5.41) is 4.85. The van der Waals surface area contributed by atoms with Crippen molar-refractivity contribution in [3.63, 3.8) is 0 Å². The first kappa shape index (κ1) is 15.5. The lowest BCUT2D eigenvalue weighted by Crippen LogP contribution is -2.41. The molecule has 2 amide bonds. The fourth-order valence-corrected chi connectivity index (χ4v) is 1.48. The zero-order valence-electron chi connectivity index (χ0n) is 11.6. The van der Waals surface area contributed by atoms with E-state index in [1.54, 1.807) is 31.2 Å². The Morgan fingerprint density at radius 3 is 2.32 bits per heavy atom. The third-order valence-electron chi connectivity index (χ3n) is 2.28. The molecule has 1 atom stereocenters. The minimum Gasteiger partial charge on any atom is -0.347 e. The lowest BCUT2D eigenvalue weighted by Gasteiger charge is -2.21. The van der Waals surface area contributed by atoms with Crippen LogP contribution in [0.3, 0.4) is 0 Å². The van der Waals surface area contributed by atoms with Gasteiger partial charge in [0.05, 0.1) is 11.3 Å². The van der Waals surface area contributed by atoms with Crippen LogP contribution in [0.15, 0.2) is 24.3 Å². The summed E-state index contributed by atoms with van der Waals surface area (Å²) in [7, 11) is 0. The van der Waals surface area contributed by atoms with Crippen molar-refractivity contribution in [2.75, 3.05) is 5.32 Å². The monoisotopic (exact) mass is 282 g/mol. The summed E-state index contributed by atoms with van der Waals surface area (Å²) in [5.41, 5.74) is 0.540. The number of nitrogens with one attached hydrogen (secondary N) is 2. The van der Waals surface area contributed by atoms with E-state index in [1.807, 2.05) is 20.8 Å². The van der Waals surface area contributed by atoms with Crippen LogP contribution in [0.2, 0.25) is 0 Å². The Kier molecular flexibility index (Phi) is 4.95. The number of carbonyl (C=O) groups is 2. The molecular weight excluding hydrogens is 264 g/mol. The van der Waals surface area contributed by atoms with Crippen molar-refractivity contribution in [2.45, 2.75) is 38.6 Å². The van der Waals surface area contributed by atoms with Gasteiger partial charge in [-0.1, -0.05) is 12.1 Å². The summed E-state index contributed by atoms with van der Waals surface area (Å²) in [5.74, 6) is -0.566. The predicted molar refractivity (Wildman–Crippen MR) is 77.6 cm³/mol. The quantitative estimate of drug-likeness (QED) is 0.838. The van der Waals surface area contributed by atoms with Crippen LogP contribution in [0.25, 0.3) is 0 Å². The van der Waals surface area contributed by atoms with Gasteiger partial charge in [-0.05, 0) is 39.8 Å². The number of carbonyl (C=O) groups excluding carboxylic acids is 2. The van der Waals surface area contributed by atoms with Crippen molar-refractivity contribution in [3.05, 3.63) is 29.8 Å². The lowest BCUT2D eigenvalue weighted by atomic mass is 10.1. The smallest absolute Gasteiger partial charge is 0.253 e. The van der Waals surface area contributed by atoms with Crippen LogP contribution in [-0.4, -0.2) is 22.7 Å². The first-order chi connectivity index (χ1) is 8.70. The van der Waals surface area contributed by atoms with Crippen LogP contribution in [0, 0.1) is 0 Å². The predicted octanol–water partition coefficient (Wildman–Crippen LogP) is 2.78. The molecule has 0 heterocycles. The molecule has 0 bridgehead atoms. The van der Waals surface area contributed by atoms with Crippen LogP contribution in [0.4, 0.5) is 5.69 Å². The molecule has 0 aliphatic heterocycles. The van der Waals surface area contributed by atoms with Crippen molar-refractivity contribution in [1.29, 1.82) is 0 Å². The Morgan fingerprint density at radius 1 is 1.21 bits per heavy atom. The van der Waals surface area contributed by atoms with Gasteiger partial charge in [0.25, 0.3) is 5.91 Å². The minimum atomic E-state index is -0.654. The van der Waals surface area contributed by atoms with Gasteiger partial charge in [0.1, 0.15) is 5.38 Å². The second kappa shape index (κ2) is 6.06. The number of amides is 2. The molecule has 0 aliphatic rings. The van der Waals surface area contributed by atoms with Gasteiger partial charge < -0.3 is 10.6 Å². The van der Waals surface area contributed by atoms with Crippen molar-refractivity contribution in [3.8, 4) is 0 Å². The number of para-hydroxylation sites is 1. The Labute approximate surface area is 118 Å². The third kappa shape index (κ3) is 4.91. The van der Waals surface area contributed by atoms with E-state index in [1.165, 1.54) is 0 Å². The standard InChI is InChI=1S/C14H19ClN2O2/c1-9(15)12(18)16-11-8-6-5-7-10(11)13(19)17-14(2,3)4/h5-9H,1-4H3,(H,16,18)(H,17,19)/t9-/m1/s1. The normalized spacial score (nSPS) is 12.7. The zero-order valence-corrected chi connectivity index (χ0v) is 12.3. The first-order valence-corrected chi connectivity index (χ1v) is 6.51. The van der Waals surface area contributed by atoms with Crippen LogP contribution in [-0.2, 0) is 4.79 Å². The van der Waals surface area contributed by atoms with Gasteiger partial charge >= 0.3 is 0 Å². The minimum absolute atomic E-state index is 0.231. The third-order valence-corrected chi connectivity index (χ3v) is 2.48. The summed E-state index contributed by atoms with van der Waals surface area (Å²) in [6.45, 7) is 7.27. The molecule has 4 nitrogen and oxygen atoms in total. The van der Waals surface area contributed by atoms with E-state index >= 15 is 0 Å². The van der Waals surface area contributed by atoms with Crippen LogP contribution < -0.4 is 10.6 Å². The van der Waals surface area contributed by atoms with Crippen molar-refractivity contribution < 1.29 is 9.59 Å². The Hall–Kier alpha value is -1.55. The Bertz CT molecular complexity index is 479. The number of benzene rings is 1. The molecule has 0 unspecified atom stereocenters.